The number of hydrogen-bond acceptors (Lipinski definition) is 4. The van der Waals surface area contributed by atoms with Crippen molar-refractivity contribution in [3.63, 3.8) is 0 Å². The summed E-state index contributed by atoms with van der Waals surface area (Å²) in [5, 5.41) is 17.0. The Morgan fingerprint density at radius 2 is 1.71 bits per heavy atom. The van der Waals surface area contributed by atoms with Gasteiger partial charge in [-0.05, 0) is 76.4 Å². The van der Waals surface area contributed by atoms with Gasteiger partial charge in [0.05, 0.1) is 22.7 Å². The van der Waals surface area contributed by atoms with E-state index >= 15 is 0 Å². The molecule has 3 amide bonds. The lowest BCUT2D eigenvalue weighted by molar-refractivity contribution is 0.0528. The Kier molecular flexibility index (Phi) is 10.0. The number of amides is 3. The van der Waals surface area contributed by atoms with E-state index in [0.717, 1.165) is 5.56 Å². The topological polar surface area (TPSA) is 90.9 Å². The van der Waals surface area contributed by atoms with Crippen molar-refractivity contribution in [1.29, 1.82) is 0 Å². The number of carbonyl (C=O) groups excluding carboxylic acids is 2. The first-order chi connectivity index (χ1) is 15.9. The molecule has 0 saturated heterocycles. The molecule has 2 aromatic carbocycles. The Hall–Kier alpha value is -2.48. The van der Waals surface area contributed by atoms with E-state index in [9.17, 15) is 14.7 Å². The second kappa shape index (κ2) is 12.3. The van der Waals surface area contributed by atoms with Crippen LogP contribution in [-0.2, 0) is 11.2 Å². The molecule has 0 radical (unpaired) electrons. The van der Waals surface area contributed by atoms with Gasteiger partial charge in [-0.25, -0.2) is 9.59 Å². The van der Waals surface area contributed by atoms with E-state index in [1.165, 1.54) is 0 Å². The van der Waals surface area contributed by atoms with E-state index in [2.05, 4.69) is 10.6 Å². The minimum Gasteiger partial charge on any atom is -0.444 e. The Morgan fingerprint density at radius 1 is 1.06 bits per heavy atom. The highest BCUT2D eigenvalue weighted by molar-refractivity contribution is 6.42. The summed E-state index contributed by atoms with van der Waals surface area (Å²) in [7, 11) is 0. The second-order valence-electron chi connectivity index (χ2n) is 9.24. The summed E-state index contributed by atoms with van der Waals surface area (Å²) in [4.78, 5) is 26.2. The third kappa shape index (κ3) is 9.05. The number of alkyl carbamates (subject to hydrolysis) is 1. The van der Waals surface area contributed by atoms with Crippen molar-refractivity contribution in [3.05, 3.63) is 63.6 Å². The van der Waals surface area contributed by atoms with E-state index < -0.39 is 17.8 Å². The van der Waals surface area contributed by atoms with E-state index in [1.54, 1.807) is 35.2 Å². The fourth-order valence-electron chi connectivity index (χ4n) is 3.11. The van der Waals surface area contributed by atoms with Crippen molar-refractivity contribution >= 4 is 41.0 Å². The number of aliphatic hydroxyl groups is 1. The monoisotopic (exact) mass is 509 g/mol. The average Bonchev–Trinajstić information content (AvgIpc) is 2.73. The van der Waals surface area contributed by atoms with Gasteiger partial charge in [-0.3, -0.25) is 0 Å². The zero-order valence-corrected chi connectivity index (χ0v) is 21.7. The molecule has 7 nitrogen and oxygen atoms in total. The molecule has 0 bridgehead atoms. The van der Waals surface area contributed by atoms with Gasteiger partial charge in [0.25, 0.3) is 0 Å². The maximum atomic E-state index is 12.9. The molecule has 1 atom stereocenters. The number of aliphatic hydroxyl groups excluding tert-OH is 1. The number of nitrogens with zero attached hydrogens (tertiary/aromatic N) is 1. The summed E-state index contributed by atoms with van der Waals surface area (Å²) < 4.78 is 5.21. The highest BCUT2D eigenvalue weighted by Gasteiger charge is 2.22. The van der Waals surface area contributed by atoms with Crippen LogP contribution >= 0.6 is 23.2 Å². The highest BCUT2D eigenvalue weighted by atomic mass is 35.5. The quantitative estimate of drug-likeness (QED) is 0.404. The number of ether oxygens (including phenoxy) is 1. The Bertz CT molecular complexity index is 975. The molecule has 34 heavy (non-hydrogen) atoms. The number of halogens is 2. The molecule has 9 heteroatoms. The predicted octanol–water partition coefficient (Wildman–Crippen LogP) is 6.04. The fraction of sp³-hybridized carbons (Fsp3) is 0.440. The van der Waals surface area contributed by atoms with Crippen LogP contribution < -0.4 is 10.6 Å². The minimum absolute atomic E-state index is 0.0931. The van der Waals surface area contributed by atoms with E-state index in [-0.39, 0.29) is 18.6 Å². The smallest absolute Gasteiger partial charge is 0.407 e. The van der Waals surface area contributed by atoms with Crippen LogP contribution in [-0.4, -0.2) is 46.9 Å². The molecule has 0 heterocycles. The summed E-state index contributed by atoms with van der Waals surface area (Å²) in [6, 6.07) is 11.8. The zero-order chi connectivity index (χ0) is 25.5. The normalized spacial score (nSPS) is 12.3. The number of anilines is 1. The van der Waals surface area contributed by atoms with Crippen molar-refractivity contribution < 1.29 is 19.4 Å². The number of urea groups is 1. The molecule has 186 valence electrons. The van der Waals surface area contributed by atoms with E-state index in [1.807, 2.05) is 46.8 Å². The van der Waals surface area contributed by atoms with Gasteiger partial charge in [-0.15, -0.1) is 0 Å². The Morgan fingerprint density at radius 3 is 2.26 bits per heavy atom. The van der Waals surface area contributed by atoms with Crippen molar-refractivity contribution in [3.8, 4) is 0 Å². The predicted molar refractivity (Wildman–Crippen MR) is 137 cm³/mol. The third-order valence-electron chi connectivity index (χ3n) is 4.87. The van der Waals surface area contributed by atoms with E-state index in [4.69, 9.17) is 27.9 Å². The molecule has 2 aromatic rings. The lowest BCUT2D eigenvalue weighted by Gasteiger charge is -2.29. The lowest BCUT2D eigenvalue weighted by Crippen LogP contribution is -2.42. The summed E-state index contributed by atoms with van der Waals surface area (Å²) in [5.74, 6) is 0. The Labute approximate surface area is 211 Å². The van der Waals surface area contributed by atoms with Crippen LogP contribution in [0.2, 0.25) is 10.0 Å². The molecule has 0 spiro atoms. The summed E-state index contributed by atoms with van der Waals surface area (Å²) in [6.45, 7) is 9.73. The summed E-state index contributed by atoms with van der Waals surface area (Å²) >= 11 is 12.0. The zero-order valence-electron chi connectivity index (χ0n) is 20.2. The molecule has 0 aliphatic rings. The molecule has 3 N–H and O–H groups in total. The molecule has 0 unspecified atom stereocenters. The molecule has 0 aliphatic carbocycles. The molecule has 2 rings (SSSR count). The maximum absolute atomic E-state index is 12.9. The number of hydrogen-bond donors (Lipinski definition) is 3. The van der Waals surface area contributed by atoms with E-state index in [0.29, 0.717) is 34.3 Å². The number of benzene rings is 2. The van der Waals surface area contributed by atoms with Crippen LogP contribution in [0.25, 0.3) is 0 Å². The van der Waals surface area contributed by atoms with Gasteiger partial charge in [-0.1, -0.05) is 41.4 Å². The van der Waals surface area contributed by atoms with Gasteiger partial charge in [0, 0.05) is 18.3 Å². The molecular formula is C25H33Cl2N3O4. The van der Waals surface area contributed by atoms with Gasteiger partial charge in [0.2, 0.25) is 0 Å². The number of nitrogens with one attached hydrogen (secondary N) is 2. The summed E-state index contributed by atoms with van der Waals surface area (Å²) in [6.07, 6.45) is -0.738. The minimum atomic E-state index is -0.914. The number of rotatable bonds is 8. The largest absolute Gasteiger partial charge is 0.444 e. The van der Waals surface area contributed by atoms with Crippen molar-refractivity contribution in [2.24, 2.45) is 0 Å². The van der Waals surface area contributed by atoms with Gasteiger partial charge < -0.3 is 25.4 Å². The van der Waals surface area contributed by atoms with Crippen LogP contribution in [0.4, 0.5) is 15.3 Å². The van der Waals surface area contributed by atoms with Crippen molar-refractivity contribution in [2.45, 2.75) is 58.8 Å². The first-order valence-electron chi connectivity index (χ1n) is 11.1. The van der Waals surface area contributed by atoms with Crippen LogP contribution in [0.3, 0.4) is 0 Å². The molecule has 0 fully saturated rings. The first kappa shape index (κ1) is 27.8. The van der Waals surface area contributed by atoms with Gasteiger partial charge >= 0.3 is 12.1 Å². The molecule has 0 aromatic heterocycles. The van der Waals surface area contributed by atoms with Gasteiger partial charge in [-0.2, -0.15) is 0 Å². The first-order valence-corrected chi connectivity index (χ1v) is 11.9. The van der Waals surface area contributed by atoms with Crippen LogP contribution in [0, 0.1) is 0 Å². The van der Waals surface area contributed by atoms with Gasteiger partial charge in [0.1, 0.15) is 5.60 Å². The second-order valence-corrected chi connectivity index (χ2v) is 10.1. The lowest BCUT2D eigenvalue weighted by atomic mass is 10.1. The standard InChI is InChI=1S/C25H33Cl2N3O4/c1-16(2)30(15-22(31)18-8-11-20(26)21(27)14-18)23(32)29-19-9-6-17(7-10-19)12-13-28-24(33)34-25(3,4)5/h6-11,14,16,22,31H,12-13,15H2,1-5H3,(H,28,33)(H,29,32)/t22-/m1/s1. The fourth-order valence-corrected chi connectivity index (χ4v) is 3.42. The molecule has 0 aliphatic heterocycles. The maximum Gasteiger partial charge on any atom is 0.407 e. The highest BCUT2D eigenvalue weighted by Crippen LogP contribution is 2.26. The SMILES string of the molecule is CC(C)N(C[C@@H](O)c1ccc(Cl)c(Cl)c1)C(=O)Nc1ccc(CCNC(=O)OC(C)(C)C)cc1. The van der Waals surface area contributed by atoms with Crippen LogP contribution in [0.15, 0.2) is 42.5 Å². The average molecular weight is 510 g/mol. The molecule has 0 saturated carbocycles. The number of carbonyl (C=O) groups is 2. The van der Waals surface area contributed by atoms with Crippen LogP contribution in [0.5, 0.6) is 0 Å². The molecular weight excluding hydrogens is 477 g/mol. The van der Waals surface area contributed by atoms with Gasteiger partial charge in [0.15, 0.2) is 0 Å². The third-order valence-corrected chi connectivity index (χ3v) is 5.61. The summed E-state index contributed by atoms with van der Waals surface area (Å²) in [5.41, 5.74) is 1.68. The van der Waals surface area contributed by atoms with Crippen molar-refractivity contribution in [2.75, 3.05) is 18.4 Å². The van der Waals surface area contributed by atoms with Crippen molar-refractivity contribution in [1.82, 2.24) is 10.2 Å². The Balaban J connectivity index is 1.91. The van der Waals surface area contributed by atoms with Crippen LogP contribution in [0.1, 0.15) is 51.8 Å².